The Morgan fingerprint density at radius 1 is 1.27 bits per heavy atom. The van der Waals surface area contributed by atoms with Crippen molar-refractivity contribution in [3.63, 3.8) is 0 Å². The molecule has 0 saturated carbocycles. The molecule has 0 spiro atoms. The summed E-state index contributed by atoms with van der Waals surface area (Å²) in [6.45, 7) is 6.02. The van der Waals surface area contributed by atoms with Crippen molar-refractivity contribution in [3.05, 3.63) is 0 Å². The summed E-state index contributed by atoms with van der Waals surface area (Å²) in [4.78, 5) is 25.2. The summed E-state index contributed by atoms with van der Waals surface area (Å²) in [6.07, 6.45) is 0.424. The van der Waals surface area contributed by atoms with Crippen LogP contribution in [0, 0.1) is 0 Å². The van der Waals surface area contributed by atoms with Gasteiger partial charge in [-0.1, -0.05) is 34.8 Å². The summed E-state index contributed by atoms with van der Waals surface area (Å²) in [7, 11) is 0. The van der Waals surface area contributed by atoms with Crippen LogP contribution in [0.4, 0.5) is 9.59 Å². The minimum absolute atomic E-state index is 0.218. The number of nitrogens with zero attached hydrogens (tertiary/aromatic N) is 1. The maximum Gasteiger partial charge on any atom is 0.410 e. The monoisotopic (exact) mass is 374 g/mol. The lowest BCUT2D eigenvalue weighted by atomic mass is 10.1. The molecule has 1 fully saturated rings. The van der Waals surface area contributed by atoms with E-state index in [2.05, 4.69) is 5.32 Å². The number of likely N-dealkylation sites (tertiary alicyclic amines) is 1. The highest BCUT2D eigenvalue weighted by atomic mass is 35.6. The summed E-state index contributed by atoms with van der Waals surface area (Å²) in [5.41, 5.74) is -0.555. The highest BCUT2D eigenvalue weighted by molar-refractivity contribution is 6.67. The van der Waals surface area contributed by atoms with Crippen LogP contribution in [0.15, 0.2) is 0 Å². The zero-order chi connectivity index (χ0) is 17.0. The van der Waals surface area contributed by atoms with Crippen LogP contribution in [-0.4, -0.2) is 52.2 Å². The molecule has 22 heavy (non-hydrogen) atoms. The van der Waals surface area contributed by atoms with Gasteiger partial charge in [-0.25, -0.2) is 9.59 Å². The number of amides is 2. The molecule has 1 N–H and O–H groups in total. The number of hydrogen-bond donors (Lipinski definition) is 1. The number of hydrogen-bond acceptors (Lipinski definition) is 4. The van der Waals surface area contributed by atoms with Gasteiger partial charge >= 0.3 is 12.2 Å². The lowest BCUT2D eigenvalue weighted by molar-refractivity contribution is 0.0185. The van der Waals surface area contributed by atoms with E-state index in [0.717, 1.165) is 12.8 Å². The minimum atomic E-state index is -1.65. The fraction of sp³-hybridized carbons (Fsp3) is 0.846. The summed E-state index contributed by atoms with van der Waals surface area (Å²) in [6, 6.07) is -0.218. The fourth-order valence-electron chi connectivity index (χ4n) is 1.94. The molecule has 1 atom stereocenters. The minimum Gasteiger partial charge on any atom is -0.445 e. The molecule has 1 rings (SSSR count). The van der Waals surface area contributed by atoms with Crippen molar-refractivity contribution >= 4 is 47.0 Å². The predicted octanol–water partition coefficient (Wildman–Crippen LogP) is 3.48. The first-order valence-corrected chi connectivity index (χ1v) is 8.07. The second kappa shape index (κ2) is 7.79. The van der Waals surface area contributed by atoms with E-state index in [-0.39, 0.29) is 12.6 Å². The van der Waals surface area contributed by atoms with E-state index in [4.69, 9.17) is 44.3 Å². The number of ether oxygens (including phenoxy) is 2. The topological polar surface area (TPSA) is 67.9 Å². The molecule has 1 heterocycles. The first-order valence-electron chi connectivity index (χ1n) is 6.94. The Kier molecular flexibility index (Phi) is 6.89. The van der Waals surface area contributed by atoms with E-state index in [9.17, 15) is 9.59 Å². The molecule has 0 bridgehead atoms. The van der Waals surface area contributed by atoms with Crippen LogP contribution in [0.25, 0.3) is 0 Å². The quantitative estimate of drug-likeness (QED) is 0.750. The Hall–Kier alpha value is -0.590. The molecule has 0 aromatic heterocycles. The van der Waals surface area contributed by atoms with Crippen molar-refractivity contribution in [2.45, 2.75) is 49.0 Å². The van der Waals surface area contributed by atoms with E-state index in [1.54, 1.807) is 25.7 Å². The van der Waals surface area contributed by atoms with Crippen molar-refractivity contribution < 1.29 is 19.1 Å². The SMILES string of the molecule is CC(C)(C)OC(=O)N1CCCC(NC(=O)OCC(Cl)(Cl)Cl)C1. The zero-order valence-corrected chi connectivity index (χ0v) is 15.1. The Morgan fingerprint density at radius 3 is 2.45 bits per heavy atom. The molecule has 9 heteroatoms. The van der Waals surface area contributed by atoms with Crippen LogP contribution in [0.3, 0.4) is 0 Å². The molecule has 0 aliphatic carbocycles. The number of alkyl carbamates (subject to hydrolysis) is 1. The average molecular weight is 376 g/mol. The number of nitrogens with one attached hydrogen (secondary N) is 1. The summed E-state index contributed by atoms with van der Waals surface area (Å²) >= 11 is 16.5. The zero-order valence-electron chi connectivity index (χ0n) is 12.8. The third-order valence-electron chi connectivity index (χ3n) is 2.76. The van der Waals surface area contributed by atoms with Crippen LogP contribution in [0.5, 0.6) is 0 Å². The van der Waals surface area contributed by atoms with Crippen molar-refractivity contribution in [2.24, 2.45) is 0 Å². The molecular weight excluding hydrogens is 355 g/mol. The Morgan fingerprint density at radius 2 is 1.91 bits per heavy atom. The van der Waals surface area contributed by atoms with E-state index in [0.29, 0.717) is 13.1 Å². The largest absolute Gasteiger partial charge is 0.445 e. The van der Waals surface area contributed by atoms with Gasteiger partial charge in [-0.05, 0) is 33.6 Å². The number of carbonyl (C=O) groups excluding carboxylic acids is 2. The number of piperidine rings is 1. The van der Waals surface area contributed by atoms with E-state index >= 15 is 0 Å². The second-order valence-electron chi connectivity index (χ2n) is 6.10. The Balaban J connectivity index is 2.43. The van der Waals surface area contributed by atoms with Gasteiger partial charge < -0.3 is 19.7 Å². The third-order valence-corrected chi connectivity index (χ3v) is 3.09. The Labute approximate surface area is 145 Å². The van der Waals surface area contributed by atoms with E-state index in [1.807, 2.05) is 0 Å². The third kappa shape index (κ3) is 8.15. The van der Waals surface area contributed by atoms with Crippen LogP contribution in [-0.2, 0) is 9.47 Å². The Bertz CT molecular complexity index is 407. The average Bonchev–Trinajstić information content (AvgIpc) is 2.34. The van der Waals surface area contributed by atoms with Crippen molar-refractivity contribution in [1.29, 1.82) is 0 Å². The molecule has 0 aromatic rings. The first kappa shape index (κ1) is 19.5. The molecule has 1 saturated heterocycles. The molecule has 1 aliphatic rings. The number of halogens is 3. The predicted molar refractivity (Wildman–Crippen MR) is 85.6 cm³/mol. The van der Waals surface area contributed by atoms with Gasteiger partial charge in [-0.2, -0.15) is 0 Å². The standard InChI is InChI=1S/C13H21Cl3N2O4/c1-12(2,3)22-11(20)18-6-4-5-9(7-18)17-10(19)21-8-13(14,15)16/h9H,4-8H2,1-3H3,(H,17,19). The lowest BCUT2D eigenvalue weighted by Crippen LogP contribution is -2.51. The molecular formula is C13H21Cl3N2O4. The number of carbonyl (C=O) groups is 2. The van der Waals surface area contributed by atoms with Gasteiger partial charge in [0, 0.05) is 19.1 Å². The van der Waals surface area contributed by atoms with Gasteiger partial charge in [0.15, 0.2) is 0 Å². The van der Waals surface area contributed by atoms with Crippen LogP contribution < -0.4 is 5.32 Å². The lowest BCUT2D eigenvalue weighted by Gasteiger charge is -2.34. The molecule has 0 radical (unpaired) electrons. The number of rotatable bonds is 2. The van der Waals surface area contributed by atoms with Crippen molar-refractivity contribution in [1.82, 2.24) is 10.2 Å². The molecule has 6 nitrogen and oxygen atoms in total. The smallest absolute Gasteiger partial charge is 0.410 e. The summed E-state index contributed by atoms with van der Waals surface area (Å²) < 4.78 is 8.47. The normalized spacial score (nSPS) is 19.5. The molecule has 1 unspecified atom stereocenters. The highest BCUT2D eigenvalue weighted by Crippen LogP contribution is 2.26. The van der Waals surface area contributed by atoms with Crippen LogP contribution in [0.2, 0.25) is 0 Å². The van der Waals surface area contributed by atoms with Crippen LogP contribution in [0.1, 0.15) is 33.6 Å². The molecule has 0 aromatic carbocycles. The van der Waals surface area contributed by atoms with Crippen molar-refractivity contribution in [3.8, 4) is 0 Å². The molecule has 1 aliphatic heterocycles. The second-order valence-corrected chi connectivity index (χ2v) is 8.62. The van der Waals surface area contributed by atoms with E-state index in [1.165, 1.54) is 0 Å². The van der Waals surface area contributed by atoms with Gasteiger partial charge in [-0.3, -0.25) is 0 Å². The first-order chi connectivity index (χ1) is 9.96. The highest BCUT2D eigenvalue weighted by Gasteiger charge is 2.29. The number of alkyl halides is 3. The molecule has 128 valence electrons. The summed E-state index contributed by atoms with van der Waals surface area (Å²) in [5.74, 6) is 0. The maximum atomic E-state index is 12.0. The summed E-state index contributed by atoms with van der Waals surface area (Å²) in [5, 5.41) is 2.65. The van der Waals surface area contributed by atoms with Gasteiger partial charge in [-0.15, -0.1) is 0 Å². The van der Waals surface area contributed by atoms with Crippen molar-refractivity contribution in [2.75, 3.05) is 19.7 Å². The van der Waals surface area contributed by atoms with Gasteiger partial charge in [0.05, 0.1) is 0 Å². The van der Waals surface area contributed by atoms with Gasteiger partial charge in [0.25, 0.3) is 0 Å². The molecule has 2 amide bonds. The maximum absolute atomic E-state index is 12.0. The van der Waals surface area contributed by atoms with E-state index < -0.39 is 21.6 Å². The fourth-order valence-corrected chi connectivity index (χ4v) is 2.11. The van der Waals surface area contributed by atoms with Gasteiger partial charge in [0.1, 0.15) is 12.2 Å². The van der Waals surface area contributed by atoms with Crippen LogP contribution >= 0.6 is 34.8 Å². The van der Waals surface area contributed by atoms with Gasteiger partial charge in [0.2, 0.25) is 3.79 Å².